The fraction of sp³-hybridized carbons (Fsp3) is 0.100. The van der Waals surface area contributed by atoms with Gasteiger partial charge in [-0.25, -0.2) is 8.42 Å². The van der Waals surface area contributed by atoms with Crippen molar-refractivity contribution in [2.45, 2.75) is 11.8 Å². The van der Waals surface area contributed by atoms with Crippen LogP contribution in [0.15, 0.2) is 41.3 Å². The minimum atomic E-state index is -3.72. The summed E-state index contributed by atoms with van der Waals surface area (Å²) in [6.45, 7) is 5.06. The normalized spacial score (nSPS) is 10.9. The van der Waals surface area contributed by atoms with Crippen LogP contribution in [-0.2, 0) is 13.8 Å². The molecule has 4 nitrogen and oxygen atoms in total. The van der Waals surface area contributed by atoms with E-state index in [-0.39, 0.29) is 10.8 Å². The summed E-state index contributed by atoms with van der Waals surface area (Å²) in [5, 5.41) is 2.54. The summed E-state index contributed by atoms with van der Waals surface area (Å²) in [5.74, 6) is -0.318. The summed E-state index contributed by atoms with van der Waals surface area (Å²) in [7, 11) is 1.42. The number of nitrogens with one attached hydrogen (secondary N) is 1. The number of benzene rings is 1. The molecule has 1 N–H and O–H groups in total. The van der Waals surface area contributed by atoms with Crippen molar-refractivity contribution in [2.75, 3.05) is 5.32 Å². The van der Waals surface area contributed by atoms with Gasteiger partial charge in [0.1, 0.15) is 0 Å². The number of anilines is 1. The van der Waals surface area contributed by atoms with Crippen molar-refractivity contribution in [1.29, 1.82) is 0 Å². The second-order valence-electron chi connectivity index (χ2n) is 3.20. The summed E-state index contributed by atoms with van der Waals surface area (Å²) in [5.41, 5.74) is 0.853. The maximum absolute atomic E-state index is 11.2. The summed E-state index contributed by atoms with van der Waals surface area (Å²) >= 11 is 0. The first kappa shape index (κ1) is 12.7. The van der Waals surface area contributed by atoms with E-state index in [1.165, 1.54) is 24.3 Å². The van der Waals surface area contributed by atoms with Crippen molar-refractivity contribution in [2.24, 2.45) is 0 Å². The van der Waals surface area contributed by atoms with Gasteiger partial charge in [-0.3, -0.25) is 4.79 Å². The zero-order valence-electron chi connectivity index (χ0n) is 8.53. The Labute approximate surface area is 98.3 Å². The average Bonchev–Trinajstić information content (AvgIpc) is 2.17. The van der Waals surface area contributed by atoms with Crippen molar-refractivity contribution in [1.82, 2.24) is 0 Å². The molecule has 0 heterocycles. The van der Waals surface area contributed by atoms with E-state index in [1.54, 1.807) is 6.92 Å². The van der Waals surface area contributed by atoms with E-state index in [2.05, 4.69) is 11.9 Å². The highest BCUT2D eigenvalue weighted by atomic mass is 35.7. The molecule has 0 bridgehead atoms. The second kappa shape index (κ2) is 4.67. The van der Waals surface area contributed by atoms with Crippen LogP contribution in [0, 0.1) is 0 Å². The molecule has 0 aromatic heterocycles. The van der Waals surface area contributed by atoms with Gasteiger partial charge in [0.25, 0.3) is 15.0 Å². The Balaban J connectivity index is 2.88. The SMILES string of the molecule is C=C(C)C(=O)Nc1ccc(S(=O)(=O)Cl)cc1. The molecule has 1 rings (SSSR count). The molecule has 86 valence electrons. The maximum Gasteiger partial charge on any atom is 0.261 e. The fourth-order valence-corrected chi connectivity index (χ4v) is 1.71. The topological polar surface area (TPSA) is 63.2 Å². The van der Waals surface area contributed by atoms with Crippen molar-refractivity contribution in [3.63, 3.8) is 0 Å². The van der Waals surface area contributed by atoms with E-state index < -0.39 is 9.05 Å². The van der Waals surface area contributed by atoms with Crippen LogP contribution in [-0.4, -0.2) is 14.3 Å². The first-order valence-electron chi connectivity index (χ1n) is 4.32. The summed E-state index contributed by atoms with van der Waals surface area (Å²) < 4.78 is 21.9. The zero-order valence-corrected chi connectivity index (χ0v) is 10.1. The van der Waals surface area contributed by atoms with Crippen LogP contribution in [0.3, 0.4) is 0 Å². The van der Waals surface area contributed by atoms with E-state index in [1.807, 2.05) is 0 Å². The van der Waals surface area contributed by atoms with Gasteiger partial charge in [-0.2, -0.15) is 0 Å². The molecule has 0 unspecified atom stereocenters. The Bertz CT molecular complexity index is 520. The van der Waals surface area contributed by atoms with Crippen LogP contribution in [0.25, 0.3) is 0 Å². The molecule has 0 spiro atoms. The molecule has 0 radical (unpaired) electrons. The summed E-state index contributed by atoms with van der Waals surface area (Å²) in [6, 6.07) is 5.54. The lowest BCUT2D eigenvalue weighted by atomic mass is 10.3. The molecule has 0 aliphatic heterocycles. The molecule has 0 atom stereocenters. The fourth-order valence-electron chi connectivity index (χ4n) is 0.939. The number of carbonyl (C=O) groups is 1. The highest BCUT2D eigenvalue weighted by Crippen LogP contribution is 2.17. The molecule has 0 saturated heterocycles. The molecule has 16 heavy (non-hydrogen) atoms. The Kier molecular flexibility index (Phi) is 3.72. The third-order valence-corrected chi connectivity index (χ3v) is 3.15. The first-order valence-corrected chi connectivity index (χ1v) is 6.63. The maximum atomic E-state index is 11.2. The molecule has 1 amide bonds. The smallest absolute Gasteiger partial charge is 0.261 e. The highest BCUT2D eigenvalue weighted by Gasteiger charge is 2.09. The lowest BCUT2D eigenvalue weighted by Crippen LogP contribution is -2.11. The highest BCUT2D eigenvalue weighted by molar-refractivity contribution is 8.13. The van der Waals surface area contributed by atoms with Crippen molar-refractivity contribution < 1.29 is 13.2 Å². The van der Waals surface area contributed by atoms with Crippen LogP contribution in [0.1, 0.15) is 6.92 Å². The Morgan fingerprint density at radius 3 is 2.19 bits per heavy atom. The molecule has 0 aliphatic rings. The van der Waals surface area contributed by atoms with Gasteiger partial charge in [0.15, 0.2) is 0 Å². The van der Waals surface area contributed by atoms with Crippen LogP contribution >= 0.6 is 10.7 Å². The van der Waals surface area contributed by atoms with Crippen LogP contribution < -0.4 is 5.32 Å². The van der Waals surface area contributed by atoms with Crippen LogP contribution in [0.4, 0.5) is 5.69 Å². The zero-order chi connectivity index (χ0) is 12.3. The molecular weight excluding hydrogens is 250 g/mol. The molecule has 0 saturated carbocycles. The summed E-state index contributed by atoms with van der Waals surface area (Å²) in [4.78, 5) is 11.2. The number of rotatable bonds is 3. The molecular formula is C10H10ClNO3S. The van der Waals surface area contributed by atoms with Crippen molar-refractivity contribution in [3.8, 4) is 0 Å². The monoisotopic (exact) mass is 259 g/mol. The lowest BCUT2D eigenvalue weighted by molar-refractivity contribution is -0.112. The Morgan fingerprint density at radius 1 is 1.31 bits per heavy atom. The van der Waals surface area contributed by atoms with Crippen molar-refractivity contribution >= 4 is 31.3 Å². The first-order chi connectivity index (χ1) is 7.30. The Hall–Kier alpha value is -1.33. The summed E-state index contributed by atoms with van der Waals surface area (Å²) in [6.07, 6.45) is 0. The average molecular weight is 260 g/mol. The number of hydrogen-bond acceptors (Lipinski definition) is 3. The van der Waals surface area contributed by atoms with E-state index >= 15 is 0 Å². The quantitative estimate of drug-likeness (QED) is 0.668. The van der Waals surface area contributed by atoms with Gasteiger partial charge in [-0.05, 0) is 31.2 Å². The second-order valence-corrected chi connectivity index (χ2v) is 5.76. The largest absolute Gasteiger partial charge is 0.322 e. The van der Waals surface area contributed by atoms with E-state index in [4.69, 9.17) is 10.7 Å². The number of halogens is 1. The Morgan fingerprint density at radius 2 is 1.81 bits per heavy atom. The van der Waals surface area contributed by atoms with Gasteiger partial charge in [0, 0.05) is 21.9 Å². The van der Waals surface area contributed by atoms with Crippen LogP contribution in [0.5, 0.6) is 0 Å². The predicted octanol–water partition coefficient (Wildman–Crippen LogP) is 2.13. The molecule has 6 heteroatoms. The minimum absolute atomic E-state index is 0.0116. The molecule has 1 aromatic carbocycles. The molecule has 1 aromatic rings. The standard InChI is InChI=1S/C10H10ClNO3S/c1-7(2)10(13)12-8-3-5-9(6-4-8)16(11,14)15/h3-6H,1H2,2H3,(H,12,13). The van der Waals surface area contributed by atoms with Crippen molar-refractivity contribution in [3.05, 3.63) is 36.4 Å². The van der Waals surface area contributed by atoms with Gasteiger partial charge in [-0.1, -0.05) is 6.58 Å². The van der Waals surface area contributed by atoms with Gasteiger partial charge < -0.3 is 5.32 Å². The van der Waals surface area contributed by atoms with E-state index in [0.29, 0.717) is 11.3 Å². The lowest BCUT2D eigenvalue weighted by Gasteiger charge is -2.04. The molecule has 0 fully saturated rings. The predicted molar refractivity (Wildman–Crippen MR) is 62.9 cm³/mol. The number of hydrogen-bond donors (Lipinski definition) is 1. The van der Waals surface area contributed by atoms with Gasteiger partial charge >= 0.3 is 0 Å². The molecule has 0 aliphatic carbocycles. The van der Waals surface area contributed by atoms with Gasteiger partial charge in [-0.15, -0.1) is 0 Å². The van der Waals surface area contributed by atoms with E-state index in [0.717, 1.165) is 0 Å². The van der Waals surface area contributed by atoms with Crippen LogP contribution in [0.2, 0.25) is 0 Å². The number of carbonyl (C=O) groups excluding carboxylic acids is 1. The number of amides is 1. The van der Waals surface area contributed by atoms with Gasteiger partial charge in [0.2, 0.25) is 0 Å². The van der Waals surface area contributed by atoms with Gasteiger partial charge in [0.05, 0.1) is 4.90 Å². The third kappa shape index (κ3) is 3.36. The minimum Gasteiger partial charge on any atom is -0.322 e. The van der Waals surface area contributed by atoms with E-state index in [9.17, 15) is 13.2 Å². The third-order valence-electron chi connectivity index (χ3n) is 1.78.